The number of anilines is 2. The van der Waals surface area contributed by atoms with Gasteiger partial charge in [0.2, 0.25) is 5.91 Å². The average Bonchev–Trinajstić information content (AvgIpc) is 3.50. The highest BCUT2D eigenvalue weighted by molar-refractivity contribution is 5.96. The smallest absolute Gasteiger partial charge is 0.251 e. The second-order valence-electron chi connectivity index (χ2n) is 8.38. The number of amides is 2. The largest absolute Gasteiger partial charge is 0.354 e. The highest BCUT2D eigenvalue weighted by Gasteiger charge is 2.39. The van der Waals surface area contributed by atoms with E-state index in [4.69, 9.17) is 0 Å². The topological polar surface area (TPSA) is 77.6 Å². The van der Waals surface area contributed by atoms with Crippen molar-refractivity contribution in [1.82, 2.24) is 15.2 Å². The summed E-state index contributed by atoms with van der Waals surface area (Å²) in [4.78, 5) is 33.6. The molecule has 1 aliphatic heterocycles. The Morgan fingerprint density at radius 3 is 2.47 bits per heavy atom. The number of nitrogens with one attached hydrogen (secondary N) is 2. The van der Waals surface area contributed by atoms with E-state index in [-0.39, 0.29) is 17.7 Å². The molecule has 7 nitrogen and oxygen atoms in total. The van der Waals surface area contributed by atoms with Gasteiger partial charge in [-0.2, -0.15) is 0 Å². The summed E-state index contributed by atoms with van der Waals surface area (Å²) in [6.45, 7) is 6.50. The van der Waals surface area contributed by atoms with Gasteiger partial charge in [-0.05, 0) is 61.3 Å². The first-order chi connectivity index (χ1) is 14.5. The second-order valence-corrected chi connectivity index (χ2v) is 8.38. The van der Waals surface area contributed by atoms with Gasteiger partial charge in [0.05, 0.1) is 0 Å². The molecule has 1 aliphatic carbocycles. The van der Waals surface area contributed by atoms with Crippen molar-refractivity contribution >= 4 is 23.3 Å². The lowest BCUT2D eigenvalue weighted by Crippen LogP contribution is -2.44. The van der Waals surface area contributed by atoms with Crippen LogP contribution in [-0.4, -0.2) is 54.9 Å². The summed E-state index contributed by atoms with van der Waals surface area (Å²) in [5, 5.41) is 5.88. The molecule has 1 aromatic heterocycles. The summed E-state index contributed by atoms with van der Waals surface area (Å²) in [5.41, 5.74) is 2.32. The quantitative estimate of drug-likeness (QED) is 0.769. The molecule has 1 aromatic carbocycles. The van der Waals surface area contributed by atoms with E-state index in [1.807, 2.05) is 12.1 Å². The summed E-state index contributed by atoms with van der Waals surface area (Å²) in [7, 11) is 2.13. The van der Waals surface area contributed by atoms with Crippen molar-refractivity contribution in [3.8, 4) is 0 Å². The van der Waals surface area contributed by atoms with Crippen LogP contribution in [0.2, 0.25) is 0 Å². The van der Waals surface area contributed by atoms with Gasteiger partial charge < -0.3 is 20.4 Å². The van der Waals surface area contributed by atoms with E-state index >= 15 is 0 Å². The van der Waals surface area contributed by atoms with Crippen molar-refractivity contribution in [1.29, 1.82) is 0 Å². The molecule has 2 N–H and O–H groups in total. The summed E-state index contributed by atoms with van der Waals surface area (Å²) in [5.74, 6) is 1.49. The van der Waals surface area contributed by atoms with Crippen LogP contribution in [0.1, 0.15) is 29.3 Å². The van der Waals surface area contributed by atoms with Crippen LogP contribution in [0.3, 0.4) is 0 Å². The maximum atomic E-state index is 12.5. The molecule has 7 heteroatoms. The predicted molar refractivity (Wildman–Crippen MR) is 117 cm³/mol. The van der Waals surface area contributed by atoms with E-state index in [1.54, 1.807) is 30.5 Å². The van der Waals surface area contributed by atoms with Crippen molar-refractivity contribution in [2.24, 2.45) is 11.8 Å². The third-order valence-corrected chi connectivity index (χ3v) is 5.95. The predicted octanol–water partition coefficient (Wildman–Crippen LogP) is 2.36. The van der Waals surface area contributed by atoms with Crippen molar-refractivity contribution in [3.05, 3.63) is 53.7 Å². The minimum absolute atomic E-state index is 0.0635. The van der Waals surface area contributed by atoms with Crippen molar-refractivity contribution < 1.29 is 9.59 Å². The van der Waals surface area contributed by atoms with Gasteiger partial charge in [0.15, 0.2) is 0 Å². The Hall–Kier alpha value is -2.93. The number of likely N-dealkylation sites (N-methyl/N-ethyl adjacent to an activating group) is 1. The molecule has 158 valence electrons. The Labute approximate surface area is 177 Å². The van der Waals surface area contributed by atoms with Crippen molar-refractivity contribution in [2.45, 2.75) is 19.9 Å². The number of hydrogen-bond acceptors (Lipinski definition) is 5. The molecule has 2 amide bonds. The van der Waals surface area contributed by atoms with Crippen LogP contribution in [0.15, 0.2) is 42.6 Å². The normalized spacial score (nSPS) is 21.2. The zero-order chi connectivity index (χ0) is 21.1. The number of carbonyl (C=O) groups is 2. The van der Waals surface area contributed by atoms with Gasteiger partial charge >= 0.3 is 0 Å². The molecule has 4 rings (SSSR count). The number of benzene rings is 1. The van der Waals surface area contributed by atoms with Crippen LogP contribution >= 0.6 is 0 Å². The van der Waals surface area contributed by atoms with Gasteiger partial charge in [-0.3, -0.25) is 9.59 Å². The zero-order valence-electron chi connectivity index (χ0n) is 17.6. The summed E-state index contributed by atoms with van der Waals surface area (Å²) >= 11 is 0. The standard InChI is InChI=1S/C23H29N5O2/c1-16-13-20(16)23(30)26-19-5-3-18(4-6-19)22(29)25-15-17-7-8-24-21(14-17)28-11-9-27(2)10-12-28/h3-8,14,16,20H,9-13,15H2,1-2H3,(H,25,29)(H,26,30). The molecule has 2 aromatic rings. The first-order valence-corrected chi connectivity index (χ1v) is 10.6. The molecule has 30 heavy (non-hydrogen) atoms. The molecule has 2 atom stereocenters. The van der Waals surface area contributed by atoms with Gasteiger partial charge in [-0.1, -0.05) is 6.92 Å². The third-order valence-electron chi connectivity index (χ3n) is 5.95. The lowest BCUT2D eigenvalue weighted by molar-refractivity contribution is -0.117. The van der Waals surface area contributed by atoms with E-state index in [9.17, 15) is 9.59 Å². The summed E-state index contributed by atoms with van der Waals surface area (Å²) < 4.78 is 0. The van der Waals surface area contributed by atoms with Crippen LogP contribution < -0.4 is 15.5 Å². The Balaban J connectivity index is 1.30. The van der Waals surface area contributed by atoms with E-state index in [0.29, 0.717) is 18.0 Å². The third kappa shape index (κ3) is 4.97. The Morgan fingerprint density at radius 2 is 1.80 bits per heavy atom. The highest BCUT2D eigenvalue weighted by Crippen LogP contribution is 2.38. The number of rotatable bonds is 6. The van der Waals surface area contributed by atoms with E-state index in [0.717, 1.165) is 49.7 Å². The Bertz CT molecular complexity index is 906. The number of carbonyl (C=O) groups excluding carboxylic acids is 2. The van der Waals surface area contributed by atoms with Crippen molar-refractivity contribution in [2.75, 3.05) is 43.4 Å². The number of pyridine rings is 1. The minimum atomic E-state index is -0.137. The first kappa shape index (κ1) is 20.3. The molecular formula is C23H29N5O2. The van der Waals surface area contributed by atoms with Gasteiger partial charge in [0, 0.05) is 56.1 Å². The molecule has 0 radical (unpaired) electrons. The van der Waals surface area contributed by atoms with E-state index < -0.39 is 0 Å². The monoisotopic (exact) mass is 407 g/mol. The van der Waals surface area contributed by atoms with E-state index in [1.165, 1.54) is 0 Å². The Kier molecular flexibility index (Phi) is 5.99. The van der Waals surface area contributed by atoms with Gasteiger partial charge in [-0.25, -0.2) is 4.98 Å². The fourth-order valence-electron chi connectivity index (χ4n) is 3.69. The number of piperazine rings is 1. The van der Waals surface area contributed by atoms with Crippen LogP contribution in [0.5, 0.6) is 0 Å². The second kappa shape index (κ2) is 8.83. The van der Waals surface area contributed by atoms with Crippen LogP contribution in [0, 0.1) is 11.8 Å². The fraction of sp³-hybridized carbons (Fsp3) is 0.435. The highest BCUT2D eigenvalue weighted by atomic mass is 16.2. The molecule has 2 unspecified atom stereocenters. The number of aromatic nitrogens is 1. The summed E-state index contributed by atoms with van der Waals surface area (Å²) in [6.07, 6.45) is 2.76. The fourth-order valence-corrected chi connectivity index (χ4v) is 3.69. The molecule has 2 heterocycles. The number of nitrogens with zero attached hydrogens (tertiary/aromatic N) is 3. The molecule has 1 saturated carbocycles. The van der Waals surface area contributed by atoms with E-state index in [2.05, 4.69) is 39.4 Å². The molecule has 2 fully saturated rings. The van der Waals surface area contributed by atoms with Crippen LogP contribution in [0.4, 0.5) is 11.5 Å². The zero-order valence-corrected chi connectivity index (χ0v) is 17.6. The van der Waals surface area contributed by atoms with Crippen molar-refractivity contribution in [3.63, 3.8) is 0 Å². The number of hydrogen-bond donors (Lipinski definition) is 2. The minimum Gasteiger partial charge on any atom is -0.354 e. The average molecular weight is 408 g/mol. The van der Waals surface area contributed by atoms with Crippen LogP contribution in [0.25, 0.3) is 0 Å². The molecule has 0 spiro atoms. The van der Waals surface area contributed by atoms with Crippen LogP contribution in [-0.2, 0) is 11.3 Å². The molecular weight excluding hydrogens is 378 g/mol. The lowest BCUT2D eigenvalue weighted by atomic mass is 10.1. The Morgan fingerprint density at radius 1 is 1.10 bits per heavy atom. The molecule has 1 saturated heterocycles. The first-order valence-electron chi connectivity index (χ1n) is 10.6. The van der Waals surface area contributed by atoms with Gasteiger partial charge in [0.1, 0.15) is 5.82 Å². The summed E-state index contributed by atoms with van der Waals surface area (Å²) in [6, 6.07) is 11.0. The molecule has 2 aliphatic rings. The maximum absolute atomic E-state index is 12.5. The van der Waals surface area contributed by atoms with Gasteiger partial charge in [-0.15, -0.1) is 0 Å². The lowest BCUT2D eigenvalue weighted by Gasteiger charge is -2.33. The van der Waals surface area contributed by atoms with Gasteiger partial charge in [0.25, 0.3) is 5.91 Å². The maximum Gasteiger partial charge on any atom is 0.251 e. The SMILES string of the molecule is CC1CC1C(=O)Nc1ccc(C(=O)NCc2ccnc(N3CCN(C)CC3)c2)cc1. The molecule has 0 bridgehead atoms.